The van der Waals surface area contributed by atoms with Crippen LogP contribution in [0.4, 0.5) is 5.69 Å². The molecule has 0 unspecified atom stereocenters. The molecule has 0 saturated heterocycles. The zero-order chi connectivity index (χ0) is 15.8. The summed E-state index contributed by atoms with van der Waals surface area (Å²) < 4.78 is 0. The number of hydrogen-bond donors (Lipinski definition) is 2. The summed E-state index contributed by atoms with van der Waals surface area (Å²) in [5, 5.41) is 5.21. The van der Waals surface area contributed by atoms with Crippen LogP contribution in [-0.4, -0.2) is 18.4 Å². The molecule has 0 radical (unpaired) electrons. The number of nitrogens with one attached hydrogen (secondary N) is 2. The second-order valence-electron chi connectivity index (χ2n) is 5.17. The average molecular weight is 296 g/mol. The molecule has 4 nitrogen and oxygen atoms in total. The maximum atomic E-state index is 11.7. The number of carbonyl (C=O) groups excluding carboxylic acids is 2. The summed E-state index contributed by atoms with van der Waals surface area (Å²) in [4.78, 5) is 23.4. The molecule has 114 valence electrons. The number of anilines is 1. The van der Waals surface area contributed by atoms with Crippen LogP contribution in [-0.2, 0) is 16.0 Å². The largest absolute Gasteiger partial charge is 0.348 e. The van der Waals surface area contributed by atoms with Crippen LogP contribution in [0.25, 0.3) is 0 Å². The molecule has 2 rings (SSSR count). The third-order valence-electron chi connectivity index (χ3n) is 3.29. The van der Waals surface area contributed by atoms with Crippen molar-refractivity contribution in [3.05, 3.63) is 65.7 Å². The van der Waals surface area contributed by atoms with E-state index in [-0.39, 0.29) is 0 Å². The Hall–Kier alpha value is -2.62. The number of hydrogen-bond acceptors (Lipinski definition) is 2. The minimum Gasteiger partial charge on any atom is -0.348 e. The summed E-state index contributed by atoms with van der Waals surface area (Å²) in [6.45, 7) is 2.44. The van der Waals surface area contributed by atoms with Crippen LogP contribution in [0.1, 0.15) is 17.5 Å². The van der Waals surface area contributed by atoms with E-state index in [1.807, 2.05) is 49.4 Å². The Balaban J connectivity index is 1.70. The maximum Gasteiger partial charge on any atom is 0.313 e. The van der Waals surface area contributed by atoms with Crippen molar-refractivity contribution in [3.63, 3.8) is 0 Å². The summed E-state index contributed by atoms with van der Waals surface area (Å²) in [5.74, 6) is -1.24. The second kappa shape index (κ2) is 7.98. The fourth-order valence-electron chi connectivity index (χ4n) is 2.04. The molecule has 0 saturated carbocycles. The predicted octanol–water partition coefficient (Wildman–Crippen LogP) is 2.68. The van der Waals surface area contributed by atoms with E-state index in [1.54, 1.807) is 12.1 Å². The minimum absolute atomic E-state index is 0.481. The first-order valence-corrected chi connectivity index (χ1v) is 7.35. The van der Waals surface area contributed by atoms with Gasteiger partial charge in [-0.25, -0.2) is 0 Å². The van der Waals surface area contributed by atoms with Crippen LogP contribution < -0.4 is 10.6 Å². The van der Waals surface area contributed by atoms with E-state index in [9.17, 15) is 9.59 Å². The van der Waals surface area contributed by atoms with Crippen LogP contribution in [0.15, 0.2) is 54.6 Å². The molecule has 2 aromatic rings. The zero-order valence-corrected chi connectivity index (χ0v) is 12.6. The quantitative estimate of drug-likeness (QED) is 0.658. The number of benzene rings is 2. The molecule has 4 heteroatoms. The van der Waals surface area contributed by atoms with Crippen molar-refractivity contribution >= 4 is 17.5 Å². The van der Waals surface area contributed by atoms with Gasteiger partial charge in [-0.15, -0.1) is 0 Å². The van der Waals surface area contributed by atoms with Gasteiger partial charge < -0.3 is 10.6 Å². The van der Waals surface area contributed by atoms with Gasteiger partial charge in [0.2, 0.25) is 0 Å². The van der Waals surface area contributed by atoms with E-state index in [1.165, 1.54) is 5.56 Å². The Morgan fingerprint density at radius 2 is 1.59 bits per heavy atom. The molecule has 0 bridgehead atoms. The third kappa shape index (κ3) is 5.05. The van der Waals surface area contributed by atoms with Crippen molar-refractivity contribution in [2.75, 3.05) is 11.9 Å². The standard InChI is InChI=1S/C18H20N2O2/c1-14-9-11-16(12-10-14)20-18(22)17(21)19-13-5-8-15-6-3-2-4-7-15/h2-4,6-7,9-12H,5,8,13H2,1H3,(H,19,21)(H,20,22). The minimum atomic E-state index is -0.636. The normalized spacial score (nSPS) is 10.0. The summed E-state index contributed by atoms with van der Waals surface area (Å²) in [5.41, 5.74) is 2.94. The van der Waals surface area contributed by atoms with Crippen molar-refractivity contribution in [2.24, 2.45) is 0 Å². The van der Waals surface area contributed by atoms with Crippen LogP contribution in [0.3, 0.4) is 0 Å². The van der Waals surface area contributed by atoms with Gasteiger partial charge in [0.25, 0.3) is 0 Å². The lowest BCUT2D eigenvalue weighted by molar-refractivity contribution is -0.136. The van der Waals surface area contributed by atoms with E-state index in [0.29, 0.717) is 12.2 Å². The molecular weight excluding hydrogens is 276 g/mol. The van der Waals surface area contributed by atoms with E-state index < -0.39 is 11.8 Å². The van der Waals surface area contributed by atoms with Gasteiger partial charge in [-0.3, -0.25) is 9.59 Å². The highest BCUT2D eigenvalue weighted by Crippen LogP contribution is 2.08. The van der Waals surface area contributed by atoms with E-state index >= 15 is 0 Å². The topological polar surface area (TPSA) is 58.2 Å². The molecule has 22 heavy (non-hydrogen) atoms. The summed E-state index contributed by atoms with van der Waals surface area (Å²) in [7, 11) is 0. The Morgan fingerprint density at radius 1 is 0.909 bits per heavy atom. The second-order valence-corrected chi connectivity index (χ2v) is 5.17. The molecular formula is C18H20N2O2. The van der Waals surface area contributed by atoms with E-state index in [4.69, 9.17) is 0 Å². The van der Waals surface area contributed by atoms with Crippen molar-refractivity contribution in [1.82, 2.24) is 5.32 Å². The zero-order valence-electron chi connectivity index (χ0n) is 12.6. The van der Waals surface area contributed by atoms with Crippen molar-refractivity contribution in [3.8, 4) is 0 Å². The third-order valence-corrected chi connectivity index (χ3v) is 3.29. The summed E-state index contributed by atoms with van der Waals surface area (Å²) in [6.07, 6.45) is 1.67. The number of aryl methyl sites for hydroxylation is 2. The van der Waals surface area contributed by atoms with Crippen molar-refractivity contribution < 1.29 is 9.59 Å². The first kappa shape index (κ1) is 15.8. The van der Waals surface area contributed by atoms with Gasteiger partial charge in [0.15, 0.2) is 0 Å². The maximum absolute atomic E-state index is 11.7. The summed E-state index contributed by atoms with van der Waals surface area (Å²) >= 11 is 0. The van der Waals surface area contributed by atoms with Gasteiger partial charge in [-0.2, -0.15) is 0 Å². The molecule has 0 aromatic heterocycles. The molecule has 2 N–H and O–H groups in total. The van der Waals surface area contributed by atoms with E-state index in [0.717, 1.165) is 18.4 Å². The molecule has 0 aliphatic rings. The van der Waals surface area contributed by atoms with Crippen LogP contribution >= 0.6 is 0 Å². The number of rotatable bonds is 5. The Kier molecular flexibility index (Phi) is 5.72. The van der Waals surface area contributed by atoms with Crippen LogP contribution in [0.5, 0.6) is 0 Å². The molecule has 0 atom stereocenters. The van der Waals surface area contributed by atoms with Gasteiger partial charge in [-0.05, 0) is 37.5 Å². The monoisotopic (exact) mass is 296 g/mol. The fraction of sp³-hybridized carbons (Fsp3) is 0.222. The average Bonchev–Trinajstić information content (AvgIpc) is 2.54. The van der Waals surface area contributed by atoms with Gasteiger partial charge in [0.05, 0.1) is 0 Å². The smallest absolute Gasteiger partial charge is 0.313 e. The lowest BCUT2D eigenvalue weighted by Crippen LogP contribution is -2.36. The fourth-order valence-corrected chi connectivity index (χ4v) is 2.04. The number of amides is 2. The van der Waals surface area contributed by atoms with Crippen molar-refractivity contribution in [1.29, 1.82) is 0 Å². The highest BCUT2D eigenvalue weighted by atomic mass is 16.2. The predicted molar refractivity (Wildman–Crippen MR) is 87.6 cm³/mol. The van der Waals surface area contributed by atoms with Gasteiger partial charge in [0, 0.05) is 12.2 Å². The van der Waals surface area contributed by atoms with Crippen LogP contribution in [0.2, 0.25) is 0 Å². The van der Waals surface area contributed by atoms with Crippen molar-refractivity contribution in [2.45, 2.75) is 19.8 Å². The molecule has 0 aliphatic carbocycles. The number of carbonyl (C=O) groups is 2. The van der Waals surface area contributed by atoms with Gasteiger partial charge in [0.1, 0.15) is 0 Å². The van der Waals surface area contributed by atoms with E-state index in [2.05, 4.69) is 10.6 Å². The first-order chi connectivity index (χ1) is 10.6. The van der Waals surface area contributed by atoms with Gasteiger partial charge in [-0.1, -0.05) is 48.0 Å². The molecule has 2 amide bonds. The highest BCUT2D eigenvalue weighted by molar-refractivity contribution is 6.39. The Morgan fingerprint density at radius 3 is 2.27 bits per heavy atom. The SMILES string of the molecule is Cc1ccc(NC(=O)C(=O)NCCCc2ccccc2)cc1. The summed E-state index contributed by atoms with van der Waals surface area (Å²) in [6, 6.07) is 17.4. The molecule has 0 heterocycles. The highest BCUT2D eigenvalue weighted by Gasteiger charge is 2.12. The molecule has 0 spiro atoms. The Labute approximate surface area is 130 Å². The van der Waals surface area contributed by atoms with Crippen LogP contribution in [0, 0.1) is 6.92 Å². The van der Waals surface area contributed by atoms with Gasteiger partial charge >= 0.3 is 11.8 Å². The molecule has 2 aromatic carbocycles. The lowest BCUT2D eigenvalue weighted by Gasteiger charge is -2.07. The lowest BCUT2D eigenvalue weighted by atomic mass is 10.1. The first-order valence-electron chi connectivity index (χ1n) is 7.35. The molecule has 0 fully saturated rings. The molecule has 0 aliphatic heterocycles. The Bertz CT molecular complexity index is 621.